The van der Waals surface area contributed by atoms with Crippen molar-refractivity contribution < 1.29 is 4.79 Å². The van der Waals surface area contributed by atoms with Gasteiger partial charge in [-0.3, -0.25) is 9.78 Å². The Morgan fingerprint density at radius 3 is 2.90 bits per heavy atom. The van der Waals surface area contributed by atoms with Gasteiger partial charge in [0.15, 0.2) is 0 Å². The normalized spacial score (nSPS) is 19.6. The number of carbonyl (C=O) groups excluding carboxylic acids is 1. The molecule has 1 fully saturated rings. The van der Waals surface area contributed by atoms with Crippen LogP contribution in [0.2, 0.25) is 0 Å². The summed E-state index contributed by atoms with van der Waals surface area (Å²) < 4.78 is 0. The highest BCUT2D eigenvalue weighted by Crippen LogP contribution is 2.21. The maximum atomic E-state index is 11.9. The van der Waals surface area contributed by atoms with Gasteiger partial charge in [-0.25, -0.2) is 0 Å². The molecule has 0 aliphatic carbocycles. The van der Waals surface area contributed by atoms with Crippen molar-refractivity contribution in [2.75, 3.05) is 20.1 Å². The topological polar surface area (TPSA) is 36.4 Å². The van der Waals surface area contributed by atoms with E-state index < -0.39 is 0 Å². The maximum absolute atomic E-state index is 11.9. The smallest absolute Gasteiger partial charge is 0.222 e. The number of rotatable bonds is 5. The number of amides is 1. The molecular formula is C17H27N3O. The first-order chi connectivity index (χ1) is 9.95. The van der Waals surface area contributed by atoms with Crippen LogP contribution in [-0.4, -0.2) is 46.9 Å². The Bertz CT molecular complexity index is 487. The molecular weight excluding hydrogens is 262 g/mol. The van der Waals surface area contributed by atoms with Gasteiger partial charge >= 0.3 is 0 Å². The summed E-state index contributed by atoms with van der Waals surface area (Å²) in [5.41, 5.74) is 2.37. The number of likely N-dealkylation sites (tertiary alicyclic amines) is 1. The number of piperidine rings is 1. The summed E-state index contributed by atoms with van der Waals surface area (Å²) in [4.78, 5) is 20.5. The Balaban J connectivity index is 1.88. The van der Waals surface area contributed by atoms with Gasteiger partial charge in [-0.15, -0.1) is 0 Å². The summed E-state index contributed by atoms with van der Waals surface area (Å²) in [6.45, 7) is 9.10. The fourth-order valence-corrected chi connectivity index (χ4v) is 3.11. The van der Waals surface area contributed by atoms with Crippen molar-refractivity contribution >= 4 is 5.91 Å². The molecule has 4 nitrogen and oxygen atoms in total. The Morgan fingerprint density at radius 1 is 1.48 bits per heavy atom. The second kappa shape index (κ2) is 7.03. The first-order valence-corrected chi connectivity index (χ1v) is 7.85. The van der Waals surface area contributed by atoms with Crippen molar-refractivity contribution in [1.29, 1.82) is 0 Å². The van der Waals surface area contributed by atoms with E-state index in [-0.39, 0.29) is 0 Å². The number of aryl methyl sites for hydroxylation is 1. The van der Waals surface area contributed by atoms with Gasteiger partial charge in [0.1, 0.15) is 0 Å². The zero-order valence-electron chi connectivity index (χ0n) is 13.7. The Morgan fingerprint density at radius 2 is 2.24 bits per heavy atom. The maximum Gasteiger partial charge on any atom is 0.222 e. The Hall–Kier alpha value is -1.42. The van der Waals surface area contributed by atoms with E-state index in [9.17, 15) is 4.79 Å². The number of aromatic nitrogens is 1. The lowest BCUT2D eigenvalue weighted by Gasteiger charge is -2.37. The lowest BCUT2D eigenvalue weighted by molar-refractivity contribution is -0.136. The number of nitrogens with zero attached hydrogens (tertiary/aromatic N) is 3. The molecule has 116 valence electrons. The third-order valence-corrected chi connectivity index (χ3v) is 4.15. The van der Waals surface area contributed by atoms with Crippen molar-refractivity contribution in [2.24, 2.45) is 5.92 Å². The zero-order chi connectivity index (χ0) is 15.4. The molecule has 0 aromatic carbocycles. The van der Waals surface area contributed by atoms with Gasteiger partial charge in [0.25, 0.3) is 0 Å². The predicted molar refractivity (Wildman–Crippen MR) is 84.9 cm³/mol. The molecule has 1 atom stereocenters. The van der Waals surface area contributed by atoms with Crippen LogP contribution in [0.3, 0.4) is 0 Å². The molecule has 1 aromatic heterocycles. The Labute approximate surface area is 128 Å². The van der Waals surface area contributed by atoms with Crippen molar-refractivity contribution in [1.82, 2.24) is 14.8 Å². The van der Waals surface area contributed by atoms with Gasteiger partial charge in [0.05, 0.1) is 0 Å². The molecule has 0 radical (unpaired) electrons. The summed E-state index contributed by atoms with van der Waals surface area (Å²) in [7, 11) is 2.16. The van der Waals surface area contributed by atoms with Crippen molar-refractivity contribution in [3.05, 3.63) is 29.6 Å². The second-order valence-corrected chi connectivity index (χ2v) is 6.55. The van der Waals surface area contributed by atoms with Crippen LogP contribution in [0.15, 0.2) is 18.3 Å². The van der Waals surface area contributed by atoms with Gasteiger partial charge in [-0.2, -0.15) is 0 Å². The third kappa shape index (κ3) is 4.53. The number of pyridine rings is 1. The molecule has 0 spiro atoms. The van der Waals surface area contributed by atoms with Gasteiger partial charge in [-0.05, 0) is 57.9 Å². The van der Waals surface area contributed by atoms with Crippen LogP contribution in [0, 0.1) is 12.8 Å². The lowest BCUT2D eigenvalue weighted by Crippen LogP contribution is -2.46. The molecule has 2 heterocycles. The molecule has 0 saturated carbocycles. The summed E-state index contributed by atoms with van der Waals surface area (Å²) >= 11 is 0. The van der Waals surface area contributed by atoms with Crippen LogP contribution in [0.5, 0.6) is 0 Å². The molecule has 1 saturated heterocycles. The van der Waals surface area contributed by atoms with Gasteiger partial charge in [0, 0.05) is 44.0 Å². The second-order valence-electron chi connectivity index (χ2n) is 6.55. The number of hydrogen-bond acceptors (Lipinski definition) is 3. The largest absolute Gasteiger partial charge is 0.340 e. The van der Waals surface area contributed by atoms with Crippen molar-refractivity contribution in [3.63, 3.8) is 0 Å². The molecule has 2 rings (SSSR count). The molecule has 1 unspecified atom stereocenters. The first kappa shape index (κ1) is 16.0. The number of carbonyl (C=O) groups is 1. The molecule has 1 aliphatic heterocycles. The monoisotopic (exact) mass is 289 g/mol. The van der Waals surface area contributed by atoms with Crippen LogP contribution in [0.1, 0.15) is 37.9 Å². The highest BCUT2D eigenvalue weighted by Gasteiger charge is 2.27. The van der Waals surface area contributed by atoms with E-state index in [2.05, 4.69) is 42.9 Å². The number of hydrogen-bond donors (Lipinski definition) is 0. The molecule has 4 heteroatoms. The quantitative estimate of drug-likeness (QED) is 0.835. The van der Waals surface area contributed by atoms with Crippen LogP contribution in [-0.2, 0) is 11.3 Å². The molecule has 0 bridgehead atoms. The molecule has 1 amide bonds. The minimum absolute atomic E-state index is 0.313. The summed E-state index contributed by atoms with van der Waals surface area (Å²) in [5, 5.41) is 0. The van der Waals surface area contributed by atoms with E-state index in [1.54, 1.807) is 0 Å². The Kier molecular flexibility index (Phi) is 5.34. The van der Waals surface area contributed by atoms with E-state index >= 15 is 0 Å². The van der Waals surface area contributed by atoms with Gasteiger partial charge in [0.2, 0.25) is 5.91 Å². The van der Waals surface area contributed by atoms with E-state index in [1.165, 1.54) is 5.56 Å². The standard InChI is InChI=1S/C17H27N3O/c1-13(2)20-12-16(5-6-17(20)21)11-19(4)10-15-7-8-18-14(3)9-15/h7-9,13,16H,5-6,10-12H2,1-4H3. The minimum atomic E-state index is 0.313. The average molecular weight is 289 g/mol. The van der Waals surface area contributed by atoms with Crippen LogP contribution >= 0.6 is 0 Å². The minimum Gasteiger partial charge on any atom is -0.340 e. The van der Waals surface area contributed by atoms with E-state index in [4.69, 9.17) is 0 Å². The highest BCUT2D eigenvalue weighted by molar-refractivity contribution is 5.77. The van der Waals surface area contributed by atoms with Gasteiger partial charge < -0.3 is 9.80 Å². The summed E-state index contributed by atoms with van der Waals surface area (Å²) in [6.07, 6.45) is 3.59. The van der Waals surface area contributed by atoms with Crippen LogP contribution in [0.25, 0.3) is 0 Å². The molecule has 1 aliphatic rings. The van der Waals surface area contributed by atoms with Crippen LogP contribution < -0.4 is 0 Å². The summed E-state index contributed by atoms with van der Waals surface area (Å²) in [6, 6.07) is 4.53. The van der Waals surface area contributed by atoms with E-state index in [0.29, 0.717) is 24.3 Å². The first-order valence-electron chi connectivity index (χ1n) is 7.85. The fourth-order valence-electron chi connectivity index (χ4n) is 3.11. The SMILES string of the molecule is Cc1cc(CN(C)CC2CCC(=O)N(C(C)C)C2)ccn1. The average Bonchev–Trinajstić information content (AvgIpc) is 2.40. The highest BCUT2D eigenvalue weighted by atomic mass is 16.2. The van der Waals surface area contributed by atoms with Crippen molar-refractivity contribution in [3.8, 4) is 0 Å². The predicted octanol–water partition coefficient (Wildman–Crippen LogP) is 2.47. The summed E-state index contributed by atoms with van der Waals surface area (Å²) in [5.74, 6) is 0.895. The third-order valence-electron chi connectivity index (χ3n) is 4.15. The lowest BCUT2D eigenvalue weighted by atomic mass is 9.96. The van der Waals surface area contributed by atoms with Crippen LogP contribution in [0.4, 0.5) is 0 Å². The molecule has 1 aromatic rings. The fraction of sp³-hybridized carbons (Fsp3) is 0.647. The van der Waals surface area contributed by atoms with E-state index in [0.717, 1.165) is 31.7 Å². The zero-order valence-corrected chi connectivity index (χ0v) is 13.7. The van der Waals surface area contributed by atoms with Crippen molar-refractivity contribution in [2.45, 2.75) is 46.2 Å². The molecule has 21 heavy (non-hydrogen) atoms. The van der Waals surface area contributed by atoms with E-state index in [1.807, 2.05) is 18.0 Å². The van der Waals surface area contributed by atoms with Gasteiger partial charge in [-0.1, -0.05) is 0 Å². The molecule has 0 N–H and O–H groups in total.